The smallest absolute Gasteiger partial charge is 0.0775 e. The minimum atomic E-state index is -1.16. The molecule has 2 aliphatic heterocycles. The van der Waals surface area contributed by atoms with E-state index in [4.69, 9.17) is 0 Å². The third-order valence-corrected chi connectivity index (χ3v) is 7.51. The molecule has 0 saturated carbocycles. The van der Waals surface area contributed by atoms with Gasteiger partial charge in [0.05, 0.1) is 8.07 Å². The van der Waals surface area contributed by atoms with Crippen molar-refractivity contribution < 1.29 is 0 Å². The molecule has 3 atom stereocenters. The molecule has 0 aromatic heterocycles. The number of benzene rings is 1. The Kier molecular flexibility index (Phi) is 4.26. The third kappa shape index (κ3) is 3.10. The lowest BCUT2D eigenvalue weighted by atomic mass is 9.93. The monoisotopic (exact) mass is 302 g/mol. The zero-order chi connectivity index (χ0) is 15.0. The number of likely N-dealkylation sites (tertiary alicyclic amines) is 1. The standard InChI is InChI=1S/C18H30N2Si/c1-5-18-17-11-19-10-15(17)13-20(18)12-14-6-8-16(9-7-14)21(2,3)4/h6-9,15,17-19H,5,10-13H2,1-4H3. The van der Waals surface area contributed by atoms with Crippen molar-refractivity contribution in [3.63, 3.8) is 0 Å². The van der Waals surface area contributed by atoms with Crippen molar-refractivity contribution in [2.75, 3.05) is 19.6 Å². The highest BCUT2D eigenvalue weighted by Gasteiger charge is 2.42. The van der Waals surface area contributed by atoms with Gasteiger partial charge in [-0.1, -0.05) is 56.0 Å². The molecular formula is C18H30N2Si. The average molecular weight is 303 g/mol. The second kappa shape index (κ2) is 5.86. The number of nitrogens with one attached hydrogen (secondary N) is 1. The van der Waals surface area contributed by atoms with Gasteiger partial charge in [-0.15, -0.1) is 0 Å². The van der Waals surface area contributed by atoms with Gasteiger partial charge >= 0.3 is 0 Å². The molecule has 21 heavy (non-hydrogen) atoms. The van der Waals surface area contributed by atoms with Gasteiger partial charge in [-0.25, -0.2) is 0 Å². The van der Waals surface area contributed by atoms with Crippen LogP contribution in [-0.4, -0.2) is 38.6 Å². The van der Waals surface area contributed by atoms with Crippen molar-refractivity contribution in [3.05, 3.63) is 29.8 Å². The lowest BCUT2D eigenvalue weighted by Gasteiger charge is -2.27. The highest BCUT2D eigenvalue weighted by atomic mass is 28.3. The van der Waals surface area contributed by atoms with Gasteiger partial charge in [-0.05, 0) is 36.9 Å². The zero-order valence-electron chi connectivity index (χ0n) is 14.0. The van der Waals surface area contributed by atoms with E-state index in [-0.39, 0.29) is 0 Å². The Bertz CT molecular complexity index is 477. The predicted octanol–water partition coefficient (Wildman–Crippen LogP) is 2.66. The fraction of sp³-hybridized carbons (Fsp3) is 0.667. The van der Waals surface area contributed by atoms with E-state index in [1.165, 1.54) is 31.6 Å². The molecule has 0 radical (unpaired) electrons. The maximum Gasteiger partial charge on any atom is 0.0775 e. The fourth-order valence-electron chi connectivity index (χ4n) is 4.20. The maximum absolute atomic E-state index is 3.57. The van der Waals surface area contributed by atoms with Gasteiger partial charge < -0.3 is 5.32 Å². The first-order chi connectivity index (χ1) is 9.99. The summed E-state index contributed by atoms with van der Waals surface area (Å²) in [5.74, 6) is 1.77. The topological polar surface area (TPSA) is 15.3 Å². The van der Waals surface area contributed by atoms with Crippen LogP contribution in [-0.2, 0) is 6.54 Å². The van der Waals surface area contributed by atoms with E-state index in [0.29, 0.717) is 0 Å². The fourth-order valence-corrected chi connectivity index (χ4v) is 5.37. The summed E-state index contributed by atoms with van der Waals surface area (Å²) in [5, 5.41) is 5.15. The normalized spacial score (nSPS) is 29.8. The summed E-state index contributed by atoms with van der Waals surface area (Å²) in [6.45, 7) is 14.5. The van der Waals surface area contributed by atoms with Crippen LogP contribution < -0.4 is 10.5 Å². The van der Waals surface area contributed by atoms with E-state index in [0.717, 1.165) is 24.4 Å². The second-order valence-electron chi connectivity index (χ2n) is 7.93. The third-order valence-electron chi connectivity index (χ3n) is 5.45. The van der Waals surface area contributed by atoms with Gasteiger partial charge in [0, 0.05) is 19.1 Å². The van der Waals surface area contributed by atoms with Crippen molar-refractivity contribution in [3.8, 4) is 0 Å². The predicted molar refractivity (Wildman–Crippen MR) is 93.8 cm³/mol. The van der Waals surface area contributed by atoms with Crippen LogP contribution in [0, 0.1) is 11.8 Å². The van der Waals surface area contributed by atoms with Crippen LogP contribution >= 0.6 is 0 Å². The van der Waals surface area contributed by atoms with Crippen LogP contribution in [0.2, 0.25) is 19.6 Å². The molecule has 0 amide bonds. The first-order valence-corrected chi connectivity index (χ1v) is 12.0. The zero-order valence-corrected chi connectivity index (χ0v) is 15.0. The summed E-state index contributed by atoms with van der Waals surface area (Å²) in [4.78, 5) is 2.74. The Labute approximate surface area is 130 Å². The van der Waals surface area contributed by atoms with E-state index >= 15 is 0 Å². The van der Waals surface area contributed by atoms with Crippen LogP contribution in [0.3, 0.4) is 0 Å². The molecule has 3 heteroatoms. The molecule has 2 aliphatic rings. The van der Waals surface area contributed by atoms with Crippen LogP contribution in [0.25, 0.3) is 0 Å². The molecule has 0 spiro atoms. The first-order valence-electron chi connectivity index (χ1n) is 8.53. The molecule has 2 nitrogen and oxygen atoms in total. The van der Waals surface area contributed by atoms with E-state index < -0.39 is 8.07 Å². The van der Waals surface area contributed by atoms with Crippen LogP contribution in [0.5, 0.6) is 0 Å². The minimum Gasteiger partial charge on any atom is -0.316 e. The SMILES string of the molecule is CCC1C2CNCC2CN1Cc1ccc([Si](C)(C)C)cc1. The Morgan fingerprint density at radius 1 is 1.14 bits per heavy atom. The van der Waals surface area contributed by atoms with Crippen molar-refractivity contribution in [2.45, 2.75) is 45.6 Å². The van der Waals surface area contributed by atoms with E-state index in [9.17, 15) is 0 Å². The Hall–Kier alpha value is -0.643. The summed E-state index contributed by atoms with van der Waals surface area (Å²) in [5.41, 5.74) is 1.49. The van der Waals surface area contributed by atoms with Gasteiger partial charge in [0.15, 0.2) is 0 Å². The van der Waals surface area contributed by atoms with Gasteiger partial charge in [0.25, 0.3) is 0 Å². The molecule has 1 aromatic carbocycles. The van der Waals surface area contributed by atoms with Crippen molar-refractivity contribution in [2.24, 2.45) is 11.8 Å². The lowest BCUT2D eigenvalue weighted by molar-refractivity contribution is 0.210. The molecule has 0 bridgehead atoms. The Morgan fingerprint density at radius 3 is 2.48 bits per heavy atom. The van der Waals surface area contributed by atoms with Crippen LogP contribution in [0.1, 0.15) is 18.9 Å². The maximum atomic E-state index is 3.57. The number of fused-ring (bicyclic) bond motifs is 1. The van der Waals surface area contributed by atoms with Crippen LogP contribution in [0.4, 0.5) is 0 Å². The van der Waals surface area contributed by atoms with Crippen LogP contribution in [0.15, 0.2) is 24.3 Å². The summed E-state index contributed by atoms with van der Waals surface area (Å²) < 4.78 is 0. The molecular weight excluding hydrogens is 272 g/mol. The van der Waals surface area contributed by atoms with E-state index in [1.54, 1.807) is 5.19 Å². The number of nitrogens with zero attached hydrogens (tertiary/aromatic N) is 1. The highest BCUT2D eigenvalue weighted by Crippen LogP contribution is 2.35. The van der Waals surface area contributed by atoms with E-state index in [1.807, 2.05) is 0 Å². The largest absolute Gasteiger partial charge is 0.316 e. The lowest BCUT2D eigenvalue weighted by Crippen LogP contribution is -2.37. The molecule has 2 heterocycles. The molecule has 2 fully saturated rings. The number of hydrogen-bond acceptors (Lipinski definition) is 2. The number of hydrogen-bond donors (Lipinski definition) is 1. The van der Waals surface area contributed by atoms with E-state index in [2.05, 4.69) is 61.0 Å². The quantitative estimate of drug-likeness (QED) is 0.860. The van der Waals surface area contributed by atoms with Gasteiger partial charge in [0.1, 0.15) is 0 Å². The molecule has 2 saturated heterocycles. The average Bonchev–Trinajstić information content (AvgIpc) is 2.98. The molecule has 3 unspecified atom stereocenters. The van der Waals surface area contributed by atoms with Crippen molar-refractivity contribution in [1.82, 2.24) is 10.2 Å². The molecule has 0 aliphatic carbocycles. The van der Waals surface area contributed by atoms with Gasteiger partial charge in [-0.3, -0.25) is 4.90 Å². The molecule has 1 N–H and O–H groups in total. The molecule has 1 aromatic rings. The minimum absolute atomic E-state index is 0.779. The summed E-state index contributed by atoms with van der Waals surface area (Å²) >= 11 is 0. The Balaban J connectivity index is 1.69. The summed E-state index contributed by atoms with van der Waals surface area (Å²) in [6.07, 6.45) is 1.29. The first kappa shape index (κ1) is 15.3. The number of rotatable bonds is 4. The summed E-state index contributed by atoms with van der Waals surface area (Å²) in [6, 6.07) is 10.3. The Morgan fingerprint density at radius 2 is 1.86 bits per heavy atom. The highest BCUT2D eigenvalue weighted by molar-refractivity contribution is 6.88. The molecule has 3 rings (SSSR count). The van der Waals surface area contributed by atoms with Crippen molar-refractivity contribution in [1.29, 1.82) is 0 Å². The molecule has 116 valence electrons. The second-order valence-corrected chi connectivity index (χ2v) is 13.0. The summed E-state index contributed by atoms with van der Waals surface area (Å²) in [7, 11) is -1.16. The van der Waals surface area contributed by atoms with Gasteiger partial charge in [-0.2, -0.15) is 0 Å². The van der Waals surface area contributed by atoms with Gasteiger partial charge in [0.2, 0.25) is 0 Å². The van der Waals surface area contributed by atoms with Crippen molar-refractivity contribution >= 4 is 13.3 Å².